The summed E-state index contributed by atoms with van der Waals surface area (Å²) in [6, 6.07) is 14.4. The molecule has 6 heteroatoms. The van der Waals surface area contributed by atoms with Crippen LogP contribution in [0.3, 0.4) is 0 Å². The standard InChI is InChI=1S/C18H16BrFN4/c1-12-8-14(6-7-15(12)19)24-18-9-17(22-11-23-18)21-10-13-4-2-3-5-16(13)20/h2-9,11H,10H2,1H3,(H2,21,22,23,24). The zero-order chi connectivity index (χ0) is 16.9. The van der Waals surface area contributed by atoms with Crippen LogP contribution >= 0.6 is 15.9 Å². The second-order valence-corrected chi connectivity index (χ2v) is 6.18. The third-order valence-corrected chi connectivity index (χ3v) is 4.40. The predicted molar refractivity (Wildman–Crippen MR) is 97.9 cm³/mol. The van der Waals surface area contributed by atoms with Gasteiger partial charge in [0, 0.05) is 28.3 Å². The number of nitrogens with zero attached hydrogens (tertiary/aromatic N) is 2. The van der Waals surface area contributed by atoms with E-state index in [4.69, 9.17) is 0 Å². The van der Waals surface area contributed by atoms with E-state index in [2.05, 4.69) is 36.5 Å². The quantitative estimate of drug-likeness (QED) is 0.644. The summed E-state index contributed by atoms with van der Waals surface area (Å²) in [5.41, 5.74) is 2.66. The Balaban J connectivity index is 1.69. The van der Waals surface area contributed by atoms with Crippen molar-refractivity contribution < 1.29 is 4.39 Å². The Morgan fingerprint density at radius 2 is 1.83 bits per heavy atom. The van der Waals surface area contributed by atoms with Crippen molar-refractivity contribution in [3.8, 4) is 0 Å². The summed E-state index contributed by atoms with van der Waals surface area (Å²) in [4.78, 5) is 8.38. The first kappa shape index (κ1) is 16.4. The highest BCUT2D eigenvalue weighted by atomic mass is 79.9. The van der Waals surface area contributed by atoms with Gasteiger partial charge in [-0.05, 0) is 36.8 Å². The van der Waals surface area contributed by atoms with E-state index in [0.717, 1.165) is 15.7 Å². The third-order valence-electron chi connectivity index (χ3n) is 3.52. The van der Waals surface area contributed by atoms with Crippen molar-refractivity contribution in [1.82, 2.24) is 9.97 Å². The lowest BCUT2D eigenvalue weighted by atomic mass is 10.2. The van der Waals surface area contributed by atoms with Crippen molar-refractivity contribution in [2.24, 2.45) is 0 Å². The molecule has 0 radical (unpaired) electrons. The maximum atomic E-state index is 13.6. The minimum Gasteiger partial charge on any atom is -0.366 e. The molecule has 4 nitrogen and oxygen atoms in total. The molecular weight excluding hydrogens is 371 g/mol. The van der Waals surface area contributed by atoms with Crippen molar-refractivity contribution in [2.75, 3.05) is 10.6 Å². The molecule has 1 heterocycles. The first-order valence-electron chi connectivity index (χ1n) is 7.44. The van der Waals surface area contributed by atoms with Gasteiger partial charge in [-0.15, -0.1) is 0 Å². The monoisotopic (exact) mass is 386 g/mol. The van der Waals surface area contributed by atoms with Crippen LogP contribution in [0.5, 0.6) is 0 Å². The minimum absolute atomic E-state index is 0.234. The van der Waals surface area contributed by atoms with Gasteiger partial charge in [-0.3, -0.25) is 0 Å². The SMILES string of the molecule is Cc1cc(Nc2cc(NCc3ccccc3F)ncn2)ccc1Br. The molecule has 0 unspecified atom stereocenters. The summed E-state index contributed by atoms with van der Waals surface area (Å²) in [5.74, 6) is 1.06. The Morgan fingerprint density at radius 3 is 2.62 bits per heavy atom. The van der Waals surface area contributed by atoms with Gasteiger partial charge in [0.05, 0.1) is 0 Å². The number of aryl methyl sites for hydroxylation is 1. The van der Waals surface area contributed by atoms with Crippen LogP contribution in [0.15, 0.2) is 59.3 Å². The van der Waals surface area contributed by atoms with Crippen molar-refractivity contribution in [3.05, 3.63) is 76.3 Å². The van der Waals surface area contributed by atoms with Crippen LogP contribution in [-0.4, -0.2) is 9.97 Å². The molecule has 0 saturated carbocycles. The number of anilines is 3. The van der Waals surface area contributed by atoms with E-state index in [-0.39, 0.29) is 5.82 Å². The molecule has 3 rings (SSSR count). The van der Waals surface area contributed by atoms with Crippen molar-refractivity contribution >= 4 is 33.3 Å². The second kappa shape index (κ2) is 7.40. The van der Waals surface area contributed by atoms with Gasteiger partial charge < -0.3 is 10.6 Å². The molecule has 0 spiro atoms. The molecule has 2 N–H and O–H groups in total. The second-order valence-electron chi connectivity index (χ2n) is 5.32. The number of hydrogen-bond donors (Lipinski definition) is 2. The fourth-order valence-electron chi connectivity index (χ4n) is 2.22. The van der Waals surface area contributed by atoms with Gasteiger partial charge in [0.2, 0.25) is 0 Å². The lowest BCUT2D eigenvalue weighted by molar-refractivity contribution is 0.613. The first-order valence-corrected chi connectivity index (χ1v) is 8.23. The molecule has 1 aromatic heterocycles. The molecule has 0 fully saturated rings. The maximum Gasteiger partial charge on any atom is 0.135 e. The zero-order valence-corrected chi connectivity index (χ0v) is 14.6. The van der Waals surface area contributed by atoms with Gasteiger partial charge in [0.1, 0.15) is 23.8 Å². The van der Waals surface area contributed by atoms with E-state index in [1.165, 1.54) is 12.4 Å². The van der Waals surface area contributed by atoms with Crippen LogP contribution in [0.4, 0.5) is 21.7 Å². The molecule has 24 heavy (non-hydrogen) atoms. The minimum atomic E-state index is -0.234. The predicted octanol–water partition coefficient (Wildman–Crippen LogP) is 5.04. The molecular formula is C18H16BrFN4. The number of rotatable bonds is 5. The van der Waals surface area contributed by atoms with Gasteiger partial charge in [0.25, 0.3) is 0 Å². The topological polar surface area (TPSA) is 49.8 Å². The van der Waals surface area contributed by atoms with Crippen molar-refractivity contribution in [2.45, 2.75) is 13.5 Å². The Labute approximate surface area is 148 Å². The molecule has 0 aliphatic rings. The molecule has 0 aliphatic heterocycles. The fourth-order valence-corrected chi connectivity index (χ4v) is 2.47. The van der Waals surface area contributed by atoms with Crippen LogP contribution in [0.25, 0.3) is 0 Å². The average Bonchev–Trinajstić information content (AvgIpc) is 2.58. The average molecular weight is 387 g/mol. The normalized spacial score (nSPS) is 10.5. The first-order chi connectivity index (χ1) is 11.6. The van der Waals surface area contributed by atoms with Gasteiger partial charge in [-0.25, -0.2) is 14.4 Å². The van der Waals surface area contributed by atoms with Crippen molar-refractivity contribution in [3.63, 3.8) is 0 Å². The fraction of sp³-hybridized carbons (Fsp3) is 0.111. The summed E-state index contributed by atoms with van der Waals surface area (Å²) in [6.45, 7) is 2.39. The largest absolute Gasteiger partial charge is 0.366 e. The molecule has 2 aromatic carbocycles. The van der Waals surface area contributed by atoms with Crippen LogP contribution in [-0.2, 0) is 6.54 Å². The van der Waals surface area contributed by atoms with Crippen molar-refractivity contribution in [1.29, 1.82) is 0 Å². The zero-order valence-electron chi connectivity index (χ0n) is 13.1. The highest BCUT2D eigenvalue weighted by molar-refractivity contribution is 9.10. The van der Waals surface area contributed by atoms with E-state index in [1.807, 2.05) is 31.2 Å². The Morgan fingerprint density at radius 1 is 1.04 bits per heavy atom. The Kier molecular flexibility index (Phi) is 5.05. The van der Waals surface area contributed by atoms with Crippen LogP contribution in [0, 0.1) is 12.7 Å². The van der Waals surface area contributed by atoms with Gasteiger partial charge >= 0.3 is 0 Å². The Bertz CT molecular complexity index is 854. The van der Waals surface area contributed by atoms with E-state index < -0.39 is 0 Å². The van der Waals surface area contributed by atoms with E-state index in [0.29, 0.717) is 23.7 Å². The molecule has 0 aliphatic carbocycles. The third kappa shape index (κ3) is 4.08. The van der Waals surface area contributed by atoms with Crippen LogP contribution < -0.4 is 10.6 Å². The summed E-state index contributed by atoms with van der Waals surface area (Å²) < 4.78 is 14.7. The lowest BCUT2D eigenvalue weighted by Gasteiger charge is -2.10. The van der Waals surface area contributed by atoms with E-state index in [9.17, 15) is 4.39 Å². The summed E-state index contributed by atoms with van der Waals surface area (Å²) in [5, 5.41) is 6.35. The smallest absolute Gasteiger partial charge is 0.135 e. The van der Waals surface area contributed by atoms with Gasteiger partial charge in [-0.1, -0.05) is 34.1 Å². The molecule has 122 valence electrons. The number of benzene rings is 2. The lowest BCUT2D eigenvalue weighted by Crippen LogP contribution is -2.04. The molecule has 0 amide bonds. The molecule has 0 bridgehead atoms. The highest BCUT2D eigenvalue weighted by Crippen LogP contribution is 2.23. The summed E-state index contributed by atoms with van der Waals surface area (Å²) >= 11 is 3.48. The van der Waals surface area contributed by atoms with Gasteiger partial charge in [0.15, 0.2) is 0 Å². The summed E-state index contributed by atoms with van der Waals surface area (Å²) in [6.07, 6.45) is 1.47. The summed E-state index contributed by atoms with van der Waals surface area (Å²) in [7, 11) is 0. The maximum absolute atomic E-state index is 13.6. The number of hydrogen-bond acceptors (Lipinski definition) is 4. The number of halogens is 2. The van der Waals surface area contributed by atoms with Crippen LogP contribution in [0.2, 0.25) is 0 Å². The van der Waals surface area contributed by atoms with Crippen LogP contribution in [0.1, 0.15) is 11.1 Å². The highest BCUT2D eigenvalue weighted by Gasteiger charge is 2.04. The van der Waals surface area contributed by atoms with E-state index >= 15 is 0 Å². The Hall–Kier alpha value is -2.47. The molecule has 3 aromatic rings. The number of aromatic nitrogens is 2. The van der Waals surface area contributed by atoms with E-state index in [1.54, 1.807) is 18.2 Å². The van der Waals surface area contributed by atoms with Gasteiger partial charge in [-0.2, -0.15) is 0 Å². The number of nitrogens with one attached hydrogen (secondary N) is 2. The molecule has 0 atom stereocenters. The molecule has 0 saturated heterocycles.